The summed E-state index contributed by atoms with van der Waals surface area (Å²) >= 11 is 1.45. The highest BCUT2D eigenvalue weighted by atomic mass is 32.2. The van der Waals surface area contributed by atoms with E-state index in [4.69, 9.17) is 0 Å². The molecule has 2 N–H and O–H groups in total. The Morgan fingerprint density at radius 1 is 1.24 bits per heavy atom. The van der Waals surface area contributed by atoms with Crippen molar-refractivity contribution in [3.63, 3.8) is 0 Å². The van der Waals surface area contributed by atoms with Crippen molar-refractivity contribution in [2.45, 2.75) is 49.3 Å². The van der Waals surface area contributed by atoms with Crippen molar-refractivity contribution in [1.82, 2.24) is 4.72 Å². The van der Waals surface area contributed by atoms with Gasteiger partial charge in [-0.15, -0.1) is 0 Å². The van der Waals surface area contributed by atoms with Crippen LogP contribution in [0.15, 0.2) is 29.2 Å². The van der Waals surface area contributed by atoms with Gasteiger partial charge in [-0.2, -0.15) is 11.8 Å². The minimum absolute atomic E-state index is 0.0577. The maximum atomic E-state index is 12.3. The molecule has 0 aromatic heterocycles. The molecule has 0 saturated carbocycles. The Hall–Kier alpha value is -0.560. The Balaban J connectivity index is 2.88. The van der Waals surface area contributed by atoms with Crippen molar-refractivity contribution in [3.8, 4) is 0 Å². The summed E-state index contributed by atoms with van der Waals surface area (Å²) in [5.41, 5.74) is 1.14. The lowest BCUT2D eigenvalue weighted by Crippen LogP contribution is -2.41. The number of rotatable bonds is 8. The maximum absolute atomic E-state index is 12.3. The average molecular weight is 332 g/mol. The van der Waals surface area contributed by atoms with Crippen molar-refractivity contribution in [3.05, 3.63) is 29.8 Å². The lowest BCUT2D eigenvalue weighted by Gasteiger charge is -2.21. The minimum atomic E-state index is -3.55. The van der Waals surface area contributed by atoms with Gasteiger partial charge in [0, 0.05) is 11.3 Å². The zero-order valence-electron chi connectivity index (χ0n) is 13.0. The molecule has 3 unspecified atom stereocenters. The van der Waals surface area contributed by atoms with E-state index in [0.29, 0.717) is 5.92 Å². The van der Waals surface area contributed by atoms with Crippen LogP contribution in [0.5, 0.6) is 0 Å². The zero-order valence-corrected chi connectivity index (χ0v) is 14.7. The van der Waals surface area contributed by atoms with Crippen molar-refractivity contribution in [2.75, 3.05) is 12.9 Å². The molecule has 21 heavy (non-hydrogen) atoms. The number of sulfonamides is 1. The number of hydrogen-bond acceptors (Lipinski definition) is 4. The van der Waals surface area contributed by atoms with E-state index < -0.39 is 10.0 Å². The van der Waals surface area contributed by atoms with E-state index >= 15 is 0 Å². The van der Waals surface area contributed by atoms with Crippen molar-refractivity contribution < 1.29 is 13.5 Å². The standard InChI is InChI=1S/C15H25NO3S2/c1-5-11(2)13-6-8-14(9-7-13)21(18,19)16-12(3)15(10-17)20-4/h6-9,11-12,15-17H,5,10H2,1-4H3. The fourth-order valence-corrected chi connectivity index (χ4v) is 4.03. The molecule has 0 amide bonds. The molecule has 1 rings (SSSR count). The van der Waals surface area contributed by atoms with Crippen LogP contribution in [0, 0.1) is 0 Å². The molecule has 1 aromatic rings. The summed E-state index contributed by atoms with van der Waals surface area (Å²) in [6.07, 6.45) is 2.87. The molecular formula is C15H25NO3S2. The lowest BCUT2D eigenvalue weighted by molar-refractivity contribution is 0.282. The summed E-state index contributed by atoms with van der Waals surface area (Å²) in [6.45, 7) is 5.93. The number of aliphatic hydroxyl groups is 1. The van der Waals surface area contributed by atoms with Crippen molar-refractivity contribution in [2.24, 2.45) is 0 Å². The normalized spacial score (nSPS) is 16.4. The van der Waals surface area contributed by atoms with Gasteiger partial charge in [-0.3, -0.25) is 0 Å². The zero-order chi connectivity index (χ0) is 16.0. The van der Waals surface area contributed by atoms with E-state index in [9.17, 15) is 13.5 Å². The molecule has 0 aliphatic carbocycles. The first-order valence-electron chi connectivity index (χ1n) is 7.11. The van der Waals surface area contributed by atoms with Gasteiger partial charge >= 0.3 is 0 Å². The van der Waals surface area contributed by atoms with Gasteiger partial charge in [-0.1, -0.05) is 26.0 Å². The van der Waals surface area contributed by atoms with Gasteiger partial charge in [-0.25, -0.2) is 13.1 Å². The lowest BCUT2D eigenvalue weighted by atomic mass is 9.99. The average Bonchev–Trinajstić information content (AvgIpc) is 2.47. The Kier molecular flexibility index (Phi) is 7.20. The van der Waals surface area contributed by atoms with E-state index in [1.807, 2.05) is 18.4 Å². The first-order chi connectivity index (χ1) is 9.85. The molecule has 0 aliphatic rings. The van der Waals surface area contributed by atoms with E-state index in [1.165, 1.54) is 11.8 Å². The van der Waals surface area contributed by atoms with E-state index in [0.717, 1.165) is 12.0 Å². The Labute approximate surface area is 132 Å². The number of benzene rings is 1. The first-order valence-corrected chi connectivity index (χ1v) is 9.88. The SMILES string of the molecule is CCC(C)c1ccc(S(=O)(=O)NC(C)C(CO)SC)cc1. The summed E-state index contributed by atoms with van der Waals surface area (Å²) in [4.78, 5) is 0.263. The number of hydrogen-bond donors (Lipinski definition) is 2. The van der Waals surface area contributed by atoms with Gasteiger partial charge in [0.2, 0.25) is 10.0 Å². The van der Waals surface area contributed by atoms with Crippen LogP contribution in [-0.2, 0) is 10.0 Å². The second-order valence-electron chi connectivity index (χ2n) is 5.25. The van der Waals surface area contributed by atoms with Crippen LogP contribution in [0.4, 0.5) is 0 Å². The van der Waals surface area contributed by atoms with Crippen LogP contribution in [-0.4, -0.2) is 37.7 Å². The molecule has 0 heterocycles. The van der Waals surface area contributed by atoms with Gasteiger partial charge in [-0.05, 0) is 43.2 Å². The summed E-state index contributed by atoms with van der Waals surface area (Å²) < 4.78 is 27.3. The fourth-order valence-electron chi connectivity index (χ4n) is 2.04. The molecule has 6 heteroatoms. The summed E-state index contributed by atoms with van der Waals surface area (Å²) in [7, 11) is -3.55. The first kappa shape index (κ1) is 18.5. The van der Waals surface area contributed by atoms with Gasteiger partial charge in [0.15, 0.2) is 0 Å². The molecule has 0 radical (unpaired) electrons. The summed E-state index contributed by atoms with van der Waals surface area (Å²) in [5.74, 6) is 0.420. The van der Waals surface area contributed by atoms with Crippen LogP contribution >= 0.6 is 11.8 Å². The van der Waals surface area contributed by atoms with Crippen LogP contribution in [0.3, 0.4) is 0 Å². The number of aliphatic hydroxyl groups excluding tert-OH is 1. The molecule has 0 saturated heterocycles. The van der Waals surface area contributed by atoms with Gasteiger partial charge in [0.05, 0.1) is 11.5 Å². The molecule has 0 fully saturated rings. The highest BCUT2D eigenvalue weighted by Crippen LogP contribution is 2.21. The Morgan fingerprint density at radius 2 is 1.81 bits per heavy atom. The van der Waals surface area contributed by atoms with Crippen LogP contribution in [0.1, 0.15) is 38.7 Å². The van der Waals surface area contributed by atoms with Crippen LogP contribution in [0.25, 0.3) is 0 Å². The molecule has 1 aromatic carbocycles. The molecule has 0 bridgehead atoms. The Bertz CT molecular complexity index is 524. The van der Waals surface area contributed by atoms with E-state index in [2.05, 4.69) is 18.6 Å². The monoisotopic (exact) mass is 331 g/mol. The van der Waals surface area contributed by atoms with Crippen LogP contribution in [0.2, 0.25) is 0 Å². The maximum Gasteiger partial charge on any atom is 0.240 e. The number of nitrogens with one attached hydrogen (secondary N) is 1. The third-order valence-corrected chi connectivity index (χ3v) is 6.49. The molecule has 120 valence electrons. The minimum Gasteiger partial charge on any atom is -0.395 e. The smallest absolute Gasteiger partial charge is 0.240 e. The second kappa shape index (κ2) is 8.17. The summed E-state index contributed by atoms with van der Waals surface area (Å²) in [5, 5.41) is 9.08. The molecule has 4 nitrogen and oxygen atoms in total. The van der Waals surface area contributed by atoms with Crippen LogP contribution < -0.4 is 4.72 Å². The van der Waals surface area contributed by atoms with Gasteiger partial charge in [0.25, 0.3) is 0 Å². The molecule has 0 aliphatic heterocycles. The molecular weight excluding hydrogens is 306 g/mol. The Morgan fingerprint density at radius 3 is 2.24 bits per heavy atom. The predicted molar refractivity (Wildman–Crippen MR) is 89.3 cm³/mol. The van der Waals surface area contributed by atoms with E-state index in [-0.39, 0.29) is 22.8 Å². The van der Waals surface area contributed by atoms with Crippen molar-refractivity contribution in [1.29, 1.82) is 0 Å². The topological polar surface area (TPSA) is 66.4 Å². The largest absolute Gasteiger partial charge is 0.395 e. The van der Waals surface area contributed by atoms with E-state index in [1.54, 1.807) is 19.1 Å². The summed E-state index contributed by atoms with van der Waals surface area (Å²) in [6, 6.07) is 6.69. The van der Waals surface area contributed by atoms with Gasteiger partial charge < -0.3 is 5.11 Å². The van der Waals surface area contributed by atoms with Gasteiger partial charge in [0.1, 0.15) is 0 Å². The number of thioether (sulfide) groups is 1. The third kappa shape index (κ3) is 4.98. The highest BCUT2D eigenvalue weighted by molar-refractivity contribution is 7.99. The molecule has 0 spiro atoms. The van der Waals surface area contributed by atoms with Crippen molar-refractivity contribution >= 4 is 21.8 Å². The third-order valence-electron chi connectivity index (χ3n) is 3.75. The highest BCUT2D eigenvalue weighted by Gasteiger charge is 2.22. The fraction of sp³-hybridized carbons (Fsp3) is 0.600. The second-order valence-corrected chi connectivity index (χ2v) is 8.04. The predicted octanol–water partition coefficient (Wildman–Crippen LogP) is 2.59. The molecule has 3 atom stereocenters. The quantitative estimate of drug-likeness (QED) is 0.768.